The molecule has 4 N–H and O–H groups in total. The second kappa shape index (κ2) is 9.33. The first-order chi connectivity index (χ1) is 11.6. The Bertz CT molecular complexity index is 541. The standard InChI is InChI=1S/C15H26N6O3/c16-6-2-1-3-13(15(24)20-9-7-17-8-10-20)21-11-12(18-19-21)4-5-14(22)23/h11,13,17H,1-10,16H2,(H,22,23)/t13-/m0/s1. The highest BCUT2D eigenvalue weighted by atomic mass is 16.4. The molecule has 0 aliphatic carbocycles. The van der Waals surface area contributed by atoms with Gasteiger partial charge in [0.15, 0.2) is 0 Å². The molecular formula is C15H26N6O3. The zero-order valence-electron chi connectivity index (χ0n) is 13.9. The number of nitrogens with two attached hydrogens (primary N) is 1. The minimum Gasteiger partial charge on any atom is -0.481 e. The molecule has 24 heavy (non-hydrogen) atoms. The molecule has 1 aromatic heterocycles. The van der Waals surface area contributed by atoms with Crippen LogP contribution < -0.4 is 11.1 Å². The molecule has 0 saturated carbocycles. The molecule has 2 rings (SSSR count). The van der Waals surface area contributed by atoms with Crippen LogP contribution >= 0.6 is 0 Å². The summed E-state index contributed by atoms with van der Waals surface area (Å²) in [4.78, 5) is 25.4. The molecule has 1 saturated heterocycles. The van der Waals surface area contributed by atoms with Gasteiger partial charge in [-0.3, -0.25) is 9.59 Å². The van der Waals surface area contributed by atoms with Gasteiger partial charge in [0.2, 0.25) is 5.91 Å². The number of aryl methyl sites for hydroxylation is 1. The number of hydrogen-bond acceptors (Lipinski definition) is 6. The average molecular weight is 338 g/mol. The van der Waals surface area contributed by atoms with Crippen molar-refractivity contribution in [2.45, 2.75) is 38.1 Å². The van der Waals surface area contributed by atoms with Crippen LogP contribution in [-0.2, 0) is 16.0 Å². The van der Waals surface area contributed by atoms with Crippen molar-refractivity contribution in [3.63, 3.8) is 0 Å². The molecule has 0 spiro atoms. The molecule has 1 amide bonds. The molecule has 0 aromatic carbocycles. The number of amides is 1. The van der Waals surface area contributed by atoms with Gasteiger partial charge in [-0.1, -0.05) is 5.21 Å². The van der Waals surface area contributed by atoms with Crippen LogP contribution in [0, 0.1) is 0 Å². The average Bonchev–Trinajstić information content (AvgIpc) is 3.06. The number of piperazine rings is 1. The van der Waals surface area contributed by atoms with Crippen molar-refractivity contribution in [1.29, 1.82) is 0 Å². The highest BCUT2D eigenvalue weighted by Crippen LogP contribution is 2.18. The van der Waals surface area contributed by atoms with E-state index in [1.54, 1.807) is 10.9 Å². The number of carbonyl (C=O) groups is 2. The predicted octanol–water partition coefficient (Wildman–Crippen LogP) is -0.603. The molecule has 1 aliphatic rings. The predicted molar refractivity (Wildman–Crippen MR) is 87.4 cm³/mol. The number of aromatic nitrogens is 3. The minimum absolute atomic E-state index is 0.00226. The van der Waals surface area contributed by atoms with Gasteiger partial charge in [-0.25, -0.2) is 4.68 Å². The van der Waals surface area contributed by atoms with E-state index in [9.17, 15) is 9.59 Å². The van der Waals surface area contributed by atoms with Gasteiger partial charge < -0.3 is 21.1 Å². The lowest BCUT2D eigenvalue weighted by Crippen LogP contribution is -2.48. The Labute approximate surface area is 141 Å². The maximum absolute atomic E-state index is 12.9. The lowest BCUT2D eigenvalue weighted by atomic mass is 10.1. The van der Waals surface area contributed by atoms with Crippen molar-refractivity contribution < 1.29 is 14.7 Å². The summed E-state index contributed by atoms with van der Waals surface area (Å²) in [5.74, 6) is -0.829. The maximum Gasteiger partial charge on any atom is 0.303 e. The van der Waals surface area contributed by atoms with E-state index in [1.807, 2.05) is 4.90 Å². The van der Waals surface area contributed by atoms with Gasteiger partial charge in [-0.15, -0.1) is 5.10 Å². The molecule has 1 aromatic rings. The van der Waals surface area contributed by atoms with E-state index in [-0.39, 0.29) is 12.3 Å². The Balaban J connectivity index is 2.06. The molecule has 1 atom stereocenters. The SMILES string of the molecule is NCCCC[C@@H](C(=O)N1CCNCC1)n1cc(CCC(=O)O)nn1. The molecule has 1 aliphatic heterocycles. The Morgan fingerprint density at radius 3 is 2.75 bits per heavy atom. The van der Waals surface area contributed by atoms with Gasteiger partial charge in [0, 0.05) is 38.8 Å². The summed E-state index contributed by atoms with van der Waals surface area (Å²) in [5.41, 5.74) is 6.14. The van der Waals surface area contributed by atoms with Crippen molar-refractivity contribution in [1.82, 2.24) is 25.2 Å². The van der Waals surface area contributed by atoms with E-state index in [2.05, 4.69) is 15.6 Å². The third-order valence-electron chi connectivity index (χ3n) is 4.12. The van der Waals surface area contributed by atoms with E-state index < -0.39 is 12.0 Å². The number of nitrogens with zero attached hydrogens (tertiary/aromatic N) is 4. The van der Waals surface area contributed by atoms with Crippen molar-refractivity contribution in [3.8, 4) is 0 Å². The Hall–Kier alpha value is -2.00. The van der Waals surface area contributed by atoms with Crippen LogP contribution in [-0.4, -0.2) is 69.6 Å². The molecule has 2 heterocycles. The van der Waals surface area contributed by atoms with E-state index in [1.165, 1.54) is 0 Å². The first-order valence-corrected chi connectivity index (χ1v) is 8.44. The number of carboxylic acids is 1. The van der Waals surface area contributed by atoms with Crippen molar-refractivity contribution in [3.05, 3.63) is 11.9 Å². The summed E-state index contributed by atoms with van der Waals surface area (Å²) in [6.07, 6.45) is 4.35. The fourth-order valence-corrected chi connectivity index (χ4v) is 2.76. The van der Waals surface area contributed by atoms with Crippen LogP contribution in [0.1, 0.15) is 37.4 Å². The first kappa shape index (κ1) is 18.3. The number of unbranched alkanes of at least 4 members (excludes halogenated alkanes) is 1. The van der Waals surface area contributed by atoms with E-state index in [4.69, 9.17) is 10.8 Å². The summed E-state index contributed by atoms with van der Waals surface area (Å²) >= 11 is 0. The Morgan fingerprint density at radius 2 is 2.08 bits per heavy atom. The Morgan fingerprint density at radius 1 is 1.33 bits per heavy atom. The third-order valence-corrected chi connectivity index (χ3v) is 4.12. The zero-order chi connectivity index (χ0) is 17.4. The lowest BCUT2D eigenvalue weighted by Gasteiger charge is -2.30. The third kappa shape index (κ3) is 5.27. The smallest absolute Gasteiger partial charge is 0.303 e. The van der Waals surface area contributed by atoms with Crippen LogP contribution in [0.2, 0.25) is 0 Å². The zero-order valence-corrected chi connectivity index (χ0v) is 13.9. The molecule has 0 unspecified atom stereocenters. The number of aliphatic carboxylic acids is 1. The van der Waals surface area contributed by atoms with Gasteiger partial charge in [-0.05, 0) is 25.8 Å². The highest BCUT2D eigenvalue weighted by Gasteiger charge is 2.27. The van der Waals surface area contributed by atoms with Gasteiger partial charge in [0.1, 0.15) is 6.04 Å². The summed E-state index contributed by atoms with van der Waals surface area (Å²) in [6, 6.07) is -0.402. The monoisotopic (exact) mass is 338 g/mol. The summed E-state index contributed by atoms with van der Waals surface area (Å²) in [7, 11) is 0. The Kier molecular flexibility index (Phi) is 7.13. The van der Waals surface area contributed by atoms with Crippen LogP contribution in [0.25, 0.3) is 0 Å². The second-order valence-electron chi connectivity index (χ2n) is 5.96. The number of rotatable bonds is 9. The molecule has 9 heteroatoms. The highest BCUT2D eigenvalue weighted by molar-refractivity contribution is 5.80. The molecular weight excluding hydrogens is 312 g/mol. The molecule has 1 fully saturated rings. The topological polar surface area (TPSA) is 126 Å². The normalized spacial score (nSPS) is 16.1. The first-order valence-electron chi connectivity index (χ1n) is 8.44. The van der Waals surface area contributed by atoms with Crippen molar-refractivity contribution in [2.75, 3.05) is 32.7 Å². The number of hydrogen-bond donors (Lipinski definition) is 3. The fraction of sp³-hybridized carbons (Fsp3) is 0.733. The summed E-state index contributed by atoms with van der Waals surface area (Å²) < 4.78 is 1.58. The van der Waals surface area contributed by atoms with Crippen molar-refractivity contribution >= 4 is 11.9 Å². The number of carboxylic acid groups (broad SMARTS) is 1. The van der Waals surface area contributed by atoms with E-state index in [0.29, 0.717) is 38.2 Å². The van der Waals surface area contributed by atoms with E-state index in [0.717, 1.165) is 25.9 Å². The van der Waals surface area contributed by atoms with Crippen molar-refractivity contribution in [2.24, 2.45) is 5.73 Å². The summed E-state index contributed by atoms with van der Waals surface area (Å²) in [6.45, 7) is 3.56. The number of carbonyl (C=O) groups excluding carboxylic acids is 1. The number of nitrogens with one attached hydrogen (secondary N) is 1. The van der Waals surface area contributed by atoms with Crippen LogP contribution in [0.3, 0.4) is 0 Å². The van der Waals surface area contributed by atoms with Crippen LogP contribution in [0.15, 0.2) is 6.20 Å². The minimum atomic E-state index is -0.874. The molecule has 0 radical (unpaired) electrons. The quantitative estimate of drug-likeness (QED) is 0.513. The molecule has 9 nitrogen and oxygen atoms in total. The van der Waals surface area contributed by atoms with E-state index >= 15 is 0 Å². The van der Waals surface area contributed by atoms with Crippen LogP contribution in [0.5, 0.6) is 0 Å². The fourth-order valence-electron chi connectivity index (χ4n) is 2.76. The molecule has 0 bridgehead atoms. The van der Waals surface area contributed by atoms with Gasteiger partial charge in [0.25, 0.3) is 0 Å². The van der Waals surface area contributed by atoms with Gasteiger partial charge in [0.05, 0.1) is 12.1 Å². The second-order valence-corrected chi connectivity index (χ2v) is 5.96. The van der Waals surface area contributed by atoms with Gasteiger partial charge >= 0.3 is 5.97 Å². The lowest BCUT2D eigenvalue weighted by molar-refractivity contribution is -0.137. The molecule has 134 valence electrons. The summed E-state index contributed by atoms with van der Waals surface area (Å²) in [5, 5.41) is 20.1. The largest absolute Gasteiger partial charge is 0.481 e. The maximum atomic E-state index is 12.9. The van der Waals surface area contributed by atoms with Crippen LogP contribution in [0.4, 0.5) is 0 Å². The van der Waals surface area contributed by atoms with Gasteiger partial charge in [-0.2, -0.15) is 0 Å².